The van der Waals surface area contributed by atoms with Crippen molar-refractivity contribution in [1.29, 1.82) is 0 Å². The third-order valence-corrected chi connectivity index (χ3v) is 4.07. The largest absolute Gasteiger partial charge is 0.399 e. The Hall–Kier alpha value is -1.29. The third kappa shape index (κ3) is 2.29. The van der Waals surface area contributed by atoms with E-state index in [4.69, 9.17) is 5.73 Å². The molecule has 0 heterocycles. The van der Waals surface area contributed by atoms with E-state index in [1.807, 2.05) is 6.07 Å². The Balaban J connectivity index is 1.98. The summed E-state index contributed by atoms with van der Waals surface area (Å²) in [5.74, 6) is 0. The fourth-order valence-electron chi connectivity index (χ4n) is 2.45. The molecule has 2 aromatic rings. The average molecular weight is 347 g/mol. The summed E-state index contributed by atoms with van der Waals surface area (Å²) in [6.07, 6.45) is 4.51. The van der Waals surface area contributed by atoms with Gasteiger partial charge in [0.05, 0.1) is 0 Å². The van der Waals surface area contributed by atoms with Crippen LogP contribution >= 0.6 is 22.6 Å². The molecule has 18 heavy (non-hydrogen) atoms. The number of rotatable bonds is 1. The first kappa shape index (κ1) is 11.8. The number of benzene rings is 2. The molecule has 0 bridgehead atoms. The van der Waals surface area contributed by atoms with Crippen molar-refractivity contribution in [2.24, 2.45) is 0 Å². The molecule has 0 radical (unpaired) electrons. The third-order valence-electron chi connectivity index (χ3n) is 3.35. The van der Waals surface area contributed by atoms with Crippen LogP contribution in [0, 0.1) is 3.57 Å². The van der Waals surface area contributed by atoms with Crippen LogP contribution in [0.15, 0.2) is 42.5 Å². The molecular formula is C16H14IN. The van der Waals surface area contributed by atoms with Crippen molar-refractivity contribution in [2.75, 3.05) is 5.73 Å². The van der Waals surface area contributed by atoms with Gasteiger partial charge in [-0.2, -0.15) is 0 Å². The zero-order chi connectivity index (χ0) is 12.5. The Morgan fingerprint density at radius 2 is 1.78 bits per heavy atom. The van der Waals surface area contributed by atoms with E-state index < -0.39 is 0 Å². The van der Waals surface area contributed by atoms with Gasteiger partial charge in [-0.3, -0.25) is 0 Å². The molecule has 2 N–H and O–H groups in total. The van der Waals surface area contributed by atoms with E-state index in [9.17, 15) is 0 Å². The minimum Gasteiger partial charge on any atom is -0.399 e. The Morgan fingerprint density at radius 1 is 1.00 bits per heavy atom. The molecule has 0 spiro atoms. The summed E-state index contributed by atoms with van der Waals surface area (Å²) >= 11 is 2.33. The molecule has 90 valence electrons. The van der Waals surface area contributed by atoms with Crippen LogP contribution in [0.1, 0.15) is 23.1 Å². The number of hydrogen-bond donors (Lipinski definition) is 1. The smallest absolute Gasteiger partial charge is 0.0317 e. The number of aryl methyl sites for hydroxylation is 1. The molecule has 2 heteroatoms. The topological polar surface area (TPSA) is 26.0 Å². The second-order valence-electron chi connectivity index (χ2n) is 4.64. The van der Waals surface area contributed by atoms with Crippen LogP contribution in [0.4, 0.5) is 5.69 Å². The molecule has 1 aliphatic rings. The highest BCUT2D eigenvalue weighted by molar-refractivity contribution is 14.1. The van der Waals surface area contributed by atoms with Gasteiger partial charge in [-0.15, -0.1) is 0 Å². The minimum absolute atomic E-state index is 0.865. The van der Waals surface area contributed by atoms with Crippen molar-refractivity contribution in [3.63, 3.8) is 0 Å². The summed E-state index contributed by atoms with van der Waals surface area (Å²) in [4.78, 5) is 0. The lowest BCUT2D eigenvalue weighted by Crippen LogP contribution is -1.87. The highest BCUT2D eigenvalue weighted by Crippen LogP contribution is 2.34. The predicted molar refractivity (Wildman–Crippen MR) is 86.2 cm³/mol. The van der Waals surface area contributed by atoms with Gasteiger partial charge >= 0.3 is 0 Å². The number of halogens is 1. The first-order chi connectivity index (χ1) is 8.72. The van der Waals surface area contributed by atoms with Gasteiger partial charge in [0.2, 0.25) is 0 Å². The zero-order valence-electron chi connectivity index (χ0n) is 9.99. The van der Waals surface area contributed by atoms with E-state index in [0.29, 0.717) is 0 Å². The first-order valence-corrected chi connectivity index (χ1v) is 7.15. The summed E-state index contributed by atoms with van der Waals surface area (Å²) < 4.78 is 1.27. The summed E-state index contributed by atoms with van der Waals surface area (Å²) in [6.45, 7) is 0. The van der Waals surface area contributed by atoms with Crippen LogP contribution in [0.3, 0.4) is 0 Å². The Bertz CT molecular complexity index is 611. The van der Waals surface area contributed by atoms with Gasteiger partial charge in [0, 0.05) is 9.26 Å². The molecule has 0 amide bonds. The highest BCUT2D eigenvalue weighted by Gasteiger charge is 2.15. The monoisotopic (exact) mass is 347 g/mol. The van der Waals surface area contributed by atoms with Gasteiger partial charge in [0.15, 0.2) is 0 Å². The fraction of sp³-hybridized carbons (Fsp3) is 0.125. The molecule has 0 fully saturated rings. The molecule has 0 aromatic heterocycles. The summed E-state index contributed by atoms with van der Waals surface area (Å²) in [5, 5.41) is 0. The number of nitrogens with two attached hydrogens (primary N) is 1. The lowest BCUT2D eigenvalue weighted by Gasteiger charge is -2.03. The van der Waals surface area contributed by atoms with Crippen LogP contribution in [0.25, 0.3) is 11.6 Å². The van der Waals surface area contributed by atoms with Crippen LogP contribution < -0.4 is 5.73 Å². The predicted octanol–water partition coefficient (Wildman–Crippen LogP) is 4.36. The number of anilines is 1. The Labute approximate surface area is 121 Å². The van der Waals surface area contributed by atoms with Crippen LogP contribution in [0.2, 0.25) is 0 Å². The summed E-state index contributed by atoms with van der Waals surface area (Å²) in [6, 6.07) is 14.9. The number of nitrogen functional groups attached to an aromatic ring is 1. The number of allylic oxidation sites excluding steroid dienone is 1. The van der Waals surface area contributed by atoms with Gasteiger partial charge in [-0.25, -0.2) is 0 Å². The van der Waals surface area contributed by atoms with E-state index in [1.54, 1.807) is 0 Å². The van der Waals surface area contributed by atoms with E-state index in [2.05, 4.69) is 65.1 Å². The maximum absolute atomic E-state index is 5.83. The Morgan fingerprint density at radius 3 is 2.56 bits per heavy atom. The molecule has 0 saturated carbocycles. The molecule has 1 aliphatic carbocycles. The van der Waals surface area contributed by atoms with Crippen molar-refractivity contribution in [3.05, 3.63) is 62.7 Å². The minimum atomic E-state index is 0.865. The van der Waals surface area contributed by atoms with E-state index in [0.717, 1.165) is 18.5 Å². The second-order valence-corrected chi connectivity index (χ2v) is 5.88. The Kier molecular flexibility index (Phi) is 3.12. The first-order valence-electron chi connectivity index (χ1n) is 6.07. The van der Waals surface area contributed by atoms with Gasteiger partial charge in [0.1, 0.15) is 0 Å². The molecule has 2 aromatic carbocycles. The van der Waals surface area contributed by atoms with Crippen LogP contribution in [-0.2, 0) is 6.42 Å². The zero-order valence-corrected chi connectivity index (χ0v) is 12.1. The molecule has 1 nitrogen and oxygen atoms in total. The molecule has 0 aliphatic heterocycles. The maximum atomic E-state index is 5.83. The lowest BCUT2D eigenvalue weighted by molar-refractivity contribution is 1.08. The van der Waals surface area contributed by atoms with Crippen LogP contribution in [0.5, 0.6) is 0 Å². The molecule has 0 saturated heterocycles. The van der Waals surface area contributed by atoms with Gasteiger partial charge < -0.3 is 5.73 Å². The molecular weight excluding hydrogens is 333 g/mol. The fourth-order valence-corrected chi connectivity index (χ4v) is 2.81. The van der Waals surface area contributed by atoms with Crippen molar-refractivity contribution in [1.82, 2.24) is 0 Å². The average Bonchev–Trinajstić information content (AvgIpc) is 2.74. The summed E-state index contributed by atoms with van der Waals surface area (Å²) in [7, 11) is 0. The number of fused-ring (bicyclic) bond motifs is 1. The second kappa shape index (κ2) is 4.76. The number of hydrogen-bond acceptors (Lipinski definition) is 1. The molecule has 0 unspecified atom stereocenters. The lowest BCUT2D eigenvalue weighted by atomic mass is 10.0. The van der Waals surface area contributed by atoms with E-state index in [1.165, 1.54) is 25.8 Å². The standard InChI is InChI=1S/C16H14IN/c17-14-5-1-11(2-6-14)9-12-3-4-13-10-15(18)7-8-16(12)13/h1-2,5-10H,3-4,18H2. The SMILES string of the molecule is Nc1ccc2c(c1)CCC2=Cc1ccc(I)cc1. The van der Waals surface area contributed by atoms with E-state index in [-0.39, 0.29) is 0 Å². The molecule has 3 rings (SSSR count). The van der Waals surface area contributed by atoms with Gasteiger partial charge in [0.25, 0.3) is 0 Å². The van der Waals surface area contributed by atoms with Crippen LogP contribution in [-0.4, -0.2) is 0 Å². The highest BCUT2D eigenvalue weighted by atomic mass is 127. The van der Waals surface area contributed by atoms with Crippen molar-refractivity contribution in [3.8, 4) is 0 Å². The van der Waals surface area contributed by atoms with Gasteiger partial charge in [-0.1, -0.05) is 24.3 Å². The van der Waals surface area contributed by atoms with Crippen molar-refractivity contribution >= 4 is 39.9 Å². The van der Waals surface area contributed by atoms with E-state index >= 15 is 0 Å². The molecule has 0 atom stereocenters. The normalized spacial score (nSPS) is 15.9. The van der Waals surface area contributed by atoms with Crippen molar-refractivity contribution in [2.45, 2.75) is 12.8 Å². The quantitative estimate of drug-likeness (QED) is 0.602. The maximum Gasteiger partial charge on any atom is 0.0317 e. The van der Waals surface area contributed by atoms with Crippen molar-refractivity contribution < 1.29 is 0 Å². The summed E-state index contributed by atoms with van der Waals surface area (Å²) in [5.41, 5.74) is 12.1. The van der Waals surface area contributed by atoms with Gasteiger partial charge in [-0.05, 0) is 82.0 Å².